The van der Waals surface area contributed by atoms with Crippen molar-refractivity contribution in [3.8, 4) is 0 Å². The summed E-state index contributed by atoms with van der Waals surface area (Å²) in [7, 11) is 0. The van der Waals surface area contributed by atoms with Crippen LogP contribution in [0.4, 0.5) is 0 Å². The standard InChI is InChI=1S/C12H7ClN4O2S/c13-7-3-6(12(18)19)1-2-8(7)20-11-9-10(15-4-14-9)16-5-17-11/h1-5H,(H,18,19)(H,14,15,16,17). The lowest BCUT2D eigenvalue weighted by Gasteiger charge is -2.05. The van der Waals surface area contributed by atoms with Crippen molar-refractivity contribution < 1.29 is 9.90 Å². The number of benzene rings is 1. The molecule has 3 aromatic rings. The molecule has 100 valence electrons. The van der Waals surface area contributed by atoms with E-state index in [4.69, 9.17) is 16.7 Å². The Morgan fingerprint density at radius 3 is 2.90 bits per heavy atom. The fourth-order valence-corrected chi connectivity index (χ4v) is 2.79. The third-order valence-corrected chi connectivity index (χ3v) is 4.08. The summed E-state index contributed by atoms with van der Waals surface area (Å²) in [4.78, 5) is 26.8. The van der Waals surface area contributed by atoms with Crippen molar-refractivity contribution in [1.82, 2.24) is 19.9 Å². The molecule has 3 rings (SSSR count). The Kier molecular flexibility index (Phi) is 3.29. The number of hydrogen-bond acceptors (Lipinski definition) is 5. The minimum absolute atomic E-state index is 0.147. The van der Waals surface area contributed by atoms with Crippen LogP contribution in [0.5, 0.6) is 0 Å². The maximum absolute atomic E-state index is 10.9. The van der Waals surface area contributed by atoms with Crippen molar-refractivity contribution in [1.29, 1.82) is 0 Å². The zero-order valence-electron chi connectivity index (χ0n) is 9.87. The third-order valence-electron chi connectivity index (χ3n) is 2.57. The lowest BCUT2D eigenvalue weighted by Crippen LogP contribution is -1.95. The number of aromatic carboxylic acids is 1. The molecule has 2 N–H and O–H groups in total. The Morgan fingerprint density at radius 1 is 1.30 bits per heavy atom. The van der Waals surface area contributed by atoms with Gasteiger partial charge in [0.15, 0.2) is 5.65 Å². The summed E-state index contributed by atoms with van der Waals surface area (Å²) < 4.78 is 0. The van der Waals surface area contributed by atoms with Crippen LogP contribution in [-0.4, -0.2) is 31.0 Å². The number of nitrogens with one attached hydrogen (secondary N) is 1. The number of nitrogens with zero attached hydrogens (tertiary/aromatic N) is 3. The van der Waals surface area contributed by atoms with Gasteiger partial charge in [0.05, 0.1) is 16.9 Å². The monoisotopic (exact) mass is 306 g/mol. The van der Waals surface area contributed by atoms with E-state index in [1.54, 1.807) is 12.4 Å². The van der Waals surface area contributed by atoms with Gasteiger partial charge in [0, 0.05) is 4.90 Å². The number of H-pyrrole nitrogens is 1. The molecule has 2 heterocycles. The van der Waals surface area contributed by atoms with Crippen LogP contribution in [0, 0.1) is 0 Å². The average Bonchev–Trinajstić information content (AvgIpc) is 2.90. The summed E-state index contributed by atoms with van der Waals surface area (Å²) in [6.07, 6.45) is 2.96. The summed E-state index contributed by atoms with van der Waals surface area (Å²) >= 11 is 7.42. The fourth-order valence-electron chi connectivity index (χ4n) is 1.64. The molecule has 0 fully saturated rings. The smallest absolute Gasteiger partial charge is 0.335 e. The van der Waals surface area contributed by atoms with E-state index in [9.17, 15) is 4.79 Å². The molecule has 0 bridgehead atoms. The molecule has 8 heteroatoms. The van der Waals surface area contributed by atoms with Gasteiger partial charge in [-0.05, 0) is 18.2 Å². The maximum atomic E-state index is 10.9. The van der Waals surface area contributed by atoms with E-state index in [0.29, 0.717) is 20.6 Å². The van der Waals surface area contributed by atoms with E-state index in [-0.39, 0.29) is 5.56 Å². The van der Waals surface area contributed by atoms with Crippen molar-refractivity contribution >= 4 is 40.5 Å². The summed E-state index contributed by atoms with van der Waals surface area (Å²) in [6, 6.07) is 4.57. The van der Waals surface area contributed by atoms with E-state index < -0.39 is 5.97 Å². The molecular weight excluding hydrogens is 300 g/mol. The fraction of sp³-hybridized carbons (Fsp3) is 0. The van der Waals surface area contributed by atoms with Crippen LogP contribution in [0.2, 0.25) is 5.02 Å². The van der Waals surface area contributed by atoms with Crippen molar-refractivity contribution in [2.75, 3.05) is 0 Å². The van der Waals surface area contributed by atoms with E-state index >= 15 is 0 Å². The van der Waals surface area contributed by atoms with Crippen LogP contribution >= 0.6 is 23.4 Å². The molecular formula is C12H7ClN4O2S. The molecule has 1 aromatic carbocycles. The number of fused-ring (bicyclic) bond motifs is 1. The zero-order valence-corrected chi connectivity index (χ0v) is 11.4. The molecule has 0 atom stereocenters. The summed E-state index contributed by atoms with van der Waals surface area (Å²) in [5.41, 5.74) is 1.44. The third kappa shape index (κ3) is 2.33. The Bertz CT molecular complexity index is 805. The normalized spacial score (nSPS) is 10.8. The molecule has 6 nitrogen and oxygen atoms in total. The number of carboxylic acid groups (broad SMARTS) is 1. The van der Waals surface area contributed by atoms with Crippen molar-refractivity contribution in [3.05, 3.63) is 41.4 Å². The number of halogens is 1. The first-order chi connectivity index (χ1) is 9.65. The number of hydrogen-bond donors (Lipinski definition) is 2. The zero-order chi connectivity index (χ0) is 14.1. The molecule has 0 saturated heterocycles. The summed E-state index contributed by atoms with van der Waals surface area (Å²) in [5.74, 6) is -1.01. The van der Waals surface area contributed by atoms with Crippen LogP contribution < -0.4 is 0 Å². The second kappa shape index (κ2) is 5.10. The van der Waals surface area contributed by atoms with Crippen LogP contribution in [0.3, 0.4) is 0 Å². The molecule has 0 aliphatic heterocycles. The Labute approximate surface area is 122 Å². The first-order valence-electron chi connectivity index (χ1n) is 5.50. The van der Waals surface area contributed by atoms with E-state index in [0.717, 1.165) is 5.52 Å². The van der Waals surface area contributed by atoms with Crippen LogP contribution in [0.25, 0.3) is 11.2 Å². The van der Waals surface area contributed by atoms with Gasteiger partial charge in [-0.3, -0.25) is 0 Å². The number of carboxylic acids is 1. The van der Waals surface area contributed by atoms with Gasteiger partial charge in [-0.15, -0.1) is 0 Å². The van der Waals surface area contributed by atoms with E-state index in [1.165, 1.54) is 30.2 Å². The summed E-state index contributed by atoms with van der Waals surface area (Å²) in [5, 5.41) is 9.94. The number of aromatic amines is 1. The van der Waals surface area contributed by atoms with Gasteiger partial charge in [-0.2, -0.15) is 0 Å². The number of aromatic nitrogens is 4. The van der Waals surface area contributed by atoms with Crippen LogP contribution in [-0.2, 0) is 0 Å². The van der Waals surface area contributed by atoms with Gasteiger partial charge in [0.1, 0.15) is 16.9 Å². The van der Waals surface area contributed by atoms with Gasteiger partial charge in [-0.25, -0.2) is 19.7 Å². The topological polar surface area (TPSA) is 91.8 Å². The molecule has 20 heavy (non-hydrogen) atoms. The highest BCUT2D eigenvalue weighted by molar-refractivity contribution is 7.99. The van der Waals surface area contributed by atoms with Crippen LogP contribution in [0.15, 0.2) is 40.8 Å². The molecule has 0 aliphatic rings. The number of imidazole rings is 1. The van der Waals surface area contributed by atoms with Gasteiger partial charge in [0.2, 0.25) is 0 Å². The summed E-state index contributed by atoms with van der Waals surface area (Å²) in [6.45, 7) is 0. The van der Waals surface area contributed by atoms with Gasteiger partial charge in [0.25, 0.3) is 0 Å². The second-order valence-electron chi connectivity index (χ2n) is 3.83. The Hall–Kier alpha value is -2.12. The molecule has 2 aromatic heterocycles. The first kappa shape index (κ1) is 12.9. The first-order valence-corrected chi connectivity index (χ1v) is 6.69. The van der Waals surface area contributed by atoms with Gasteiger partial charge in [-0.1, -0.05) is 23.4 Å². The molecule has 0 amide bonds. The van der Waals surface area contributed by atoms with Crippen LogP contribution in [0.1, 0.15) is 10.4 Å². The minimum Gasteiger partial charge on any atom is -0.478 e. The van der Waals surface area contributed by atoms with Gasteiger partial charge < -0.3 is 10.1 Å². The maximum Gasteiger partial charge on any atom is 0.335 e. The highest BCUT2D eigenvalue weighted by Gasteiger charge is 2.12. The second-order valence-corrected chi connectivity index (χ2v) is 5.27. The molecule has 0 saturated carbocycles. The SMILES string of the molecule is O=C(O)c1ccc(Sc2ncnc3nc[nH]c23)c(Cl)c1. The predicted molar refractivity (Wildman–Crippen MR) is 74.2 cm³/mol. The van der Waals surface area contributed by atoms with Crippen molar-refractivity contribution in [2.24, 2.45) is 0 Å². The van der Waals surface area contributed by atoms with Crippen molar-refractivity contribution in [3.63, 3.8) is 0 Å². The quantitative estimate of drug-likeness (QED) is 0.723. The minimum atomic E-state index is -1.01. The number of rotatable bonds is 3. The number of carbonyl (C=O) groups is 1. The molecule has 0 radical (unpaired) electrons. The highest BCUT2D eigenvalue weighted by atomic mass is 35.5. The largest absolute Gasteiger partial charge is 0.478 e. The van der Waals surface area contributed by atoms with Crippen molar-refractivity contribution in [2.45, 2.75) is 9.92 Å². The lowest BCUT2D eigenvalue weighted by atomic mass is 10.2. The van der Waals surface area contributed by atoms with E-state index in [1.807, 2.05) is 0 Å². The highest BCUT2D eigenvalue weighted by Crippen LogP contribution is 2.34. The van der Waals surface area contributed by atoms with Gasteiger partial charge >= 0.3 is 5.97 Å². The Morgan fingerprint density at radius 2 is 2.15 bits per heavy atom. The Balaban J connectivity index is 1.99. The molecule has 0 aliphatic carbocycles. The van der Waals surface area contributed by atoms with E-state index in [2.05, 4.69) is 19.9 Å². The average molecular weight is 307 g/mol. The molecule has 0 spiro atoms. The predicted octanol–water partition coefficient (Wildman–Crippen LogP) is 2.86. The lowest BCUT2D eigenvalue weighted by molar-refractivity contribution is 0.0697. The molecule has 0 unspecified atom stereocenters.